The van der Waals surface area contributed by atoms with Crippen molar-refractivity contribution in [1.82, 2.24) is 20.0 Å². The first-order valence-electron chi connectivity index (χ1n) is 7.04. The molecule has 1 aromatic carbocycles. The van der Waals surface area contributed by atoms with Gasteiger partial charge in [-0.05, 0) is 31.5 Å². The third-order valence-corrected chi connectivity index (χ3v) is 4.12. The summed E-state index contributed by atoms with van der Waals surface area (Å²) in [6, 6.07) is 6.00. The Hall–Kier alpha value is -2.37. The lowest BCUT2D eigenvalue weighted by Gasteiger charge is -2.39. The van der Waals surface area contributed by atoms with Crippen LogP contribution in [0.1, 0.15) is 25.8 Å². The minimum atomic E-state index is -0.552. The zero-order chi connectivity index (χ0) is 15.2. The molecule has 2 N–H and O–H groups in total. The number of aromatic nitrogens is 2. The largest absolute Gasteiger partial charge is 0.346 e. The highest BCUT2D eigenvalue weighted by atomic mass is 16.2. The summed E-state index contributed by atoms with van der Waals surface area (Å²) in [7, 11) is 1.62. The summed E-state index contributed by atoms with van der Waals surface area (Å²) in [6.07, 6.45) is 2.34. The number of hydrogen-bond donors (Lipinski definition) is 2. The van der Waals surface area contributed by atoms with Crippen LogP contribution in [0.3, 0.4) is 0 Å². The molecule has 1 atom stereocenters. The Kier molecular flexibility index (Phi) is 2.97. The molecule has 1 aromatic heterocycles. The highest BCUT2D eigenvalue weighted by molar-refractivity contribution is 5.99. The van der Waals surface area contributed by atoms with E-state index in [4.69, 9.17) is 5.41 Å². The molecule has 0 radical (unpaired) electrons. The van der Waals surface area contributed by atoms with Crippen molar-refractivity contribution in [3.63, 3.8) is 0 Å². The number of carbonyl (C=O) groups excluding carboxylic acids is 1. The lowest BCUT2D eigenvalue weighted by Crippen LogP contribution is -2.58. The highest BCUT2D eigenvalue weighted by Crippen LogP contribution is 2.30. The van der Waals surface area contributed by atoms with Crippen molar-refractivity contribution in [2.45, 2.75) is 32.4 Å². The van der Waals surface area contributed by atoms with Crippen LogP contribution < -0.4 is 5.32 Å². The molecule has 6 heteroatoms. The van der Waals surface area contributed by atoms with Crippen LogP contribution in [0.15, 0.2) is 24.4 Å². The maximum atomic E-state index is 12.0. The zero-order valence-corrected chi connectivity index (χ0v) is 12.5. The van der Waals surface area contributed by atoms with Crippen LogP contribution in [-0.4, -0.2) is 33.6 Å². The predicted molar refractivity (Wildman–Crippen MR) is 81.0 cm³/mol. The van der Waals surface area contributed by atoms with Crippen molar-refractivity contribution < 1.29 is 4.79 Å². The average molecular weight is 285 g/mol. The summed E-state index contributed by atoms with van der Waals surface area (Å²) in [4.78, 5) is 13.4. The first-order chi connectivity index (χ1) is 9.93. The van der Waals surface area contributed by atoms with Gasteiger partial charge in [0.2, 0.25) is 5.91 Å². The van der Waals surface area contributed by atoms with Gasteiger partial charge in [-0.1, -0.05) is 6.07 Å². The van der Waals surface area contributed by atoms with Crippen LogP contribution in [0, 0.1) is 5.41 Å². The molecule has 1 saturated heterocycles. The summed E-state index contributed by atoms with van der Waals surface area (Å²) < 4.78 is 1.89. The van der Waals surface area contributed by atoms with Gasteiger partial charge in [0.1, 0.15) is 0 Å². The standard InChI is InChI=1S/C15H19N5O/c1-4-20-9-10-7-11(5-6-12(10)18-20)15(2)8-13(21)19(3)14(16)17-15/h5-7,9H,4,8H2,1-3H3,(H2,16,17)/t15-/m0/s1. The van der Waals surface area contributed by atoms with Gasteiger partial charge in [-0.2, -0.15) is 5.10 Å². The first kappa shape index (κ1) is 13.6. The number of amides is 1. The van der Waals surface area contributed by atoms with E-state index in [9.17, 15) is 4.79 Å². The van der Waals surface area contributed by atoms with Gasteiger partial charge in [-0.3, -0.25) is 19.8 Å². The van der Waals surface area contributed by atoms with Gasteiger partial charge in [0.05, 0.1) is 17.5 Å². The number of hydrogen-bond acceptors (Lipinski definition) is 3. The Bertz CT molecular complexity index is 715. The number of guanidine groups is 1. The molecule has 1 amide bonds. The lowest BCUT2D eigenvalue weighted by molar-refractivity contribution is -0.129. The van der Waals surface area contributed by atoms with Gasteiger partial charge in [-0.15, -0.1) is 0 Å². The van der Waals surface area contributed by atoms with E-state index in [1.165, 1.54) is 4.90 Å². The first-order valence-corrected chi connectivity index (χ1v) is 7.04. The van der Waals surface area contributed by atoms with Crippen molar-refractivity contribution in [2.75, 3.05) is 7.05 Å². The molecular formula is C15H19N5O. The van der Waals surface area contributed by atoms with E-state index in [1.807, 2.05) is 42.9 Å². The van der Waals surface area contributed by atoms with Crippen molar-refractivity contribution in [3.05, 3.63) is 30.0 Å². The number of benzene rings is 1. The second kappa shape index (κ2) is 4.58. The van der Waals surface area contributed by atoms with Gasteiger partial charge in [-0.25, -0.2) is 0 Å². The molecule has 0 aliphatic carbocycles. The van der Waals surface area contributed by atoms with Gasteiger partial charge >= 0.3 is 0 Å². The van der Waals surface area contributed by atoms with Crippen molar-refractivity contribution in [2.24, 2.45) is 0 Å². The Balaban J connectivity index is 2.02. The van der Waals surface area contributed by atoms with Crippen molar-refractivity contribution in [1.29, 1.82) is 5.41 Å². The Morgan fingerprint density at radius 1 is 1.48 bits per heavy atom. The predicted octanol–water partition coefficient (Wildman–Crippen LogP) is 1.66. The normalized spacial score (nSPS) is 22.7. The Morgan fingerprint density at radius 2 is 2.24 bits per heavy atom. The number of fused-ring (bicyclic) bond motifs is 1. The minimum absolute atomic E-state index is 0.0504. The molecule has 0 bridgehead atoms. The summed E-state index contributed by atoms with van der Waals surface area (Å²) >= 11 is 0. The third kappa shape index (κ3) is 2.16. The Labute approximate surface area is 123 Å². The maximum absolute atomic E-state index is 12.0. The van der Waals surface area contributed by atoms with Crippen LogP contribution in [-0.2, 0) is 16.9 Å². The van der Waals surface area contributed by atoms with Crippen LogP contribution in [0.4, 0.5) is 0 Å². The number of rotatable bonds is 2. The van der Waals surface area contributed by atoms with Crippen LogP contribution in [0.5, 0.6) is 0 Å². The smallest absolute Gasteiger partial charge is 0.231 e. The summed E-state index contributed by atoms with van der Waals surface area (Å²) in [5.41, 5.74) is 1.39. The molecule has 1 aliphatic rings. The SMILES string of the molecule is CCn1cc2cc([C@]3(C)CC(=O)N(C)C(=N)N3)ccc2n1. The molecule has 6 nitrogen and oxygen atoms in total. The number of nitrogens with zero attached hydrogens (tertiary/aromatic N) is 3. The monoisotopic (exact) mass is 285 g/mol. The van der Waals surface area contributed by atoms with E-state index < -0.39 is 5.54 Å². The quantitative estimate of drug-likeness (QED) is 0.881. The maximum Gasteiger partial charge on any atom is 0.231 e. The van der Waals surface area contributed by atoms with Crippen LogP contribution in [0.25, 0.3) is 10.9 Å². The molecule has 0 unspecified atom stereocenters. The number of aryl methyl sites for hydroxylation is 1. The lowest BCUT2D eigenvalue weighted by atomic mass is 9.86. The fourth-order valence-corrected chi connectivity index (χ4v) is 2.69. The van der Waals surface area contributed by atoms with E-state index in [0.717, 1.165) is 23.0 Å². The van der Waals surface area contributed by atoms with Gasteiger partial charge < -0.3 is 5.32 Å². The molecule has 1 fully saturated rings. The highest BCUT2D eigenvalue weighted by Gasteiger charge is 2.37. The topological polar surface area (TPSA) is 74.0 Å². The van der Waals surface area contributed by atoms with Gasteiger partial charge in [0, 0.05) is 25.2 Å². The second-order valence-corrected chi connectivity index (χ2v) is 5.69. The summed E-state index contributed by atoms with van der Waals surface area (Å²) in [6.45, 7) is 4.83. The molecular weight excluding hydrogens is 266 g/mol. The molecule has 2 aromatic rings. The van der Waals surface area contributed by atoms with Gasteiger partial charge in [0.15, 0.2) is 5.96 Å². The molecule has 2 heterocycles. The second-order valence-electron chi connectivity index (χ2n) is 5.69. The average Bonchev–Trinajstić information content (AvgIpc) is 2.86. The fraction of sp³-hybridized carbons (Fsp3) is 0.400. The number of carbonyl (C=O) groups is 1. The van der Waals surface area contributed by atoms with E-state index in [-0.39, 0.29) is 11.9 Å². The van der Waals surface area contributed by atoms with Crippen molar-refractivity contribution in [3.8, 4) is 0 Å². The Morgan fingerprint density at radius 3 is 2.90 bits per heavy atom. The zero-order valence-electron chi connectivity index (χ0n) is 12.5. The molecule has 3 rings (SSSR count). The van der Waals surface area contributed by atoms with Gasteiger partial charge in [0.25, 0.3) is 0 Å². The summed E-state index contributed by atoms with van der Waals surface area (Å²) in [5.74, 6) is 0.0868. The molecule has 110 valence electrons. The summed E-state index contributed by atoms with van der Waals surface area (Å²) in [5, 5.41) is 16.6. The van der Waals surface area contributed by atoms with Crippen LogP contribution >= 0.6 is 0 Å². The fourth-order valence-electron chi connectivity index (χ4n) is 2.69. The van der Waals surface area contributed by atoms with E-state index in [1.54, 1.807) is 7.05 Å². The van der Waals surface area contributed by atoms with E-state index in [0.29, 0.717) is 6.42 Å². The minimum Gasteiger partial charge on any atom is -0.346 e. The van der Waals surface area contributed by atoms with Crippen molar-refractivity contribution >= 4 is 22.8 Å². The molecule has 0 saturated carbocycles. The third-order valence-electron chi connectivity index (χ3n) is 4.12. The van der Waals surface area contributed by atoms with E-state index in [2.05, 4.69) is 10.4 Å². The van der Waals surface area contributed by atoms with Crippen LogP contribution in [0.2, 0.25) is 0 Å². The molecule has 0 spiro atoms. The number of nitrogens with one attached hydrogen (secondary N) is 2. The molecule has 1 aliphatic heterocycles. The van der Waals surface area contributed by atoms with E-state index >= 15 is 0 Å². The molecule has 21 heavy (non-hydrogen) atoms.